The van der Waals surface area contributed by atoms with Gasteiger partial charge in [-0.1, -0.05) is 128 Å². The van der Waals surface area contributed by atoms with Crippen molar-refractivity contribution in [2.24, 2.45) is 0 Å². The standard InChI is InChI=1S/C30H19N3O.C19H12N2O.C11H8BrN.2CH4/c1-3-13-28-24(10-1)23-16-15-22(19-25(23)30-32-27-12-2-4-14-29(27)33(28)30)34-21-9-7-8-20(18-21)26-11-5-6-17-31-26;22-12-9-10-13-14-5-1-3-7-17(14)21-18-8-4-2-6-16(18)20-19(21)15(13)11-12;12-10-5-3-4-9(8-10)11-6-1-2-7-13-11;;/h1-19H;1-11,22H;1-8H;2*1H4. The van der Waals surface area contributed by atoms with Gasteiger partial charge in [0, 0.05) is 49.5 Å². The lowest BCUT2D eigenvalue weighted by Gasteiger charge is -2.12. The Hall–Kier alpha value is -8.92. The first kappa shape index (κ1) is 45.8. The van der Waals surface area contributed by atoms with Crippen LogP contribution in [-0.4, -0.2) is 33.8 Å². The van der Waals surface area contributed by atoms with Gasteiger partial charge in [-0.25, -0.2) is 9.97 Å². The molecule has 14 aromatic rings. The fourth-order valence-corrected chi connectivity index (χ4v) is 9.62. The lowest BCUT2D eigenvalue weighted by atomic mass is 10.1. The largest absolute Gasteiger partial charge is 0.508 e. The highest BCUT2D eigenvalue weighted by molar-refractivity contribution is 9.10. The quantitative estimate of drug-likeness (QED) is 0.177. The topological polar surface area (TPSA) is 89.8 Å². The van der Waals surface area contributed by atoms with Gasteiger partial charge in [-0.2, -0.15) is 0 Å². The molecule has 0 saturated carbocycles. The van der Waals surface area contributed by atoms with Crippen molar-refractivity contribution in [3.63, 3.8) is 0 Å². The number of hydrogen-bond donors (Lipinski definition) is 1. The molecule has 8 aromatic carbocycles. The maximum Gasteiger partial charge on any atom is 0.146 e. The minimum atomic E-state index is 0. The van der Waals surface area contributed by atoms with Crippen LogP contribution in [0.25, 0.3) is 99.2 Å². The number of nitrogens with zero attached hydrogens (tertiary/aromatic N) is 6. The second-order valence-corrected chi connectivity index (χ2v) is 17.5. The zero-order valence-corrected chi connectivity index (χ0v) is 38.4. The van der Waals surface area contributed by atoms with Crippen molar-refractivity contribution in [1.82, 2.24) is 28.7 Å². The highest BCUT2D eigenvalue weighted by atomic mass is 79.9. The summed E-state index contributed by atoms with van der Waals surface area (Å²) < 4.78 is 11.8. The monoisotopic (exact) mass is 986 g/mol. The maximum absolute atomic E-state index is 9.90. The molecule has 8 nitrogen and oxygen atoms in total. The fourth-order valence-electron chi connectivity index (χ4n) is 9.22. The van der Waals surface area contributed by atoms with E-state index in [2.05, 4.69) is 114 Å². The third kappa shape index (κ3) is 8.64. The molecule has 0 aliphatic carbocycles. The Morgan fingerprint density at radius 2 is 0.859 bits per heavy atom. The third-order valence-electron chi connectivity index (χ3n) is 12.3. The fraction of sp³-hybridized carbons (Fsp3) is 0.0323. The van der Waals surface area contributed by atoms with E-state index in [-0.39, 0.29) is 20.6 Å². The Kier molecular flexibility index (Phi) is 12.6. The summed E-state index contributed by atoms with van der Waals surface area (Å²) in [5.74, 6) is 1.81. The molecule has 71 heavy (non-hydrogen) atoms. The number of imidazole rings is 2. The number of rotatable bonds is 4. The summed E-state index contributed by atoms with van der Waals surface area (Å²) in [5.41, 5.74) is 12.3. The molecule has 0 atom stereocenters. The molecular formula is C62H47BrN6O2. The summed E-state index contributed by atoms with van der Waals surface area (Å²) in [6.07, 6.45) is 3.60. The minimum Gasteiger partial charge on any atom is -0.508 e. The molecule has 0 amide bonds. The van der Waals surface area contributed by atoms with Crippen molar-refractivity contribution >= 4 is 92.6 Å². The van der Waals surface area contributed by atoms with Gasteiger partial charge in [0.2, 0.25) is 0 Å². The number of aromatic nitrogens is 6. The van der Waals surface area contributed by atoms with Gasteiger partial charge in [0.25, 0.3) is 0 Å². The summed E-state index contributed by atoms with van der Waals surface area (Å²) in [6.45, 7) is 0. The Morgan fingerprint density at radius 3 is 1.42 bits per heavy atom. The number of pyridine rings is 4. The van der Waals surface area contributed by atoms with E-state index >= 15 is 0 Å². The van der Waals surface area contributed by atoms with Crippen molar-refractivity contribution < 1.29 is 9.84 Å². The number of ether oxygens (including phenoxy) is 1. The van der Waals surface area contributed by atoms with Gasteiger partial charge in [-0.05, 0) is 132 Å². The Morgan fingerprint density at radius 1 is 0.380 bits per heavy atom. The van der Waals surface area contributed by atoms with Crippen LogP contribution in [-0.2, 0) is 0 Å². The van der Waals surface area contributed by atoms with Crippen LogP contribution >= 0.6 is 15.9 Å². The summed E-state index contributed by atoms with van der Waals surface area (Å²) in [5, 5.41) is 16.5. The average Bonchev–Trinajstić information content (AvgIpc) is 4.00. The molecule has 1 N–H and O–H groups in total. The molecule has 0 aliphatic rings. The van der Waals surface area contributed by atoms with E-state index in [4.69, 9.17) is 14.7 Å². The first-order valence-electron chi connectivity index (χ1n) is 22.5. The SMILES string of the molecule is Brc1cccc(-c2ccccn2)c1.C.C.Oc1ccc2c3ccccc3n3c4ccccc4nc3c2c1.c1ccc(-c2cccc(Oc3ccc4c5ccccc5n5c6ccccc6nc5c4c3)c2)nc1. The Balaban J connectivity index is 0.000000135. The van der Waals surface area contributed by atoms with E-state index in [0.29, 0.717) is 0 Å². The van der Waals surface area contributed by atoms with E-state index in [0.717, 1.165) is 110 Å². The van der Waals surface area contributed by atoms with E-state index in [1.165, 1.54) is 5.39 Å². The molecule has 9 heteroatoms. The number of aromatic hydroxyl groups is 1. The molecular weight excluding hydrogens is 941 g/mol. The summed E-state index contributed by atoms with van der Waals surface area (Å²) in [7, 11) is 0. The average molecular weight is 988 g/mol. The number of hydrogen-bond acceptors (Lipinski definition) is 6. The van der Waals surface area contributed by atoms with Gasteiger partial charge in [0.05, 0.1) is 44.5 Å². The van der Waals surface area contributed by atoms with Gasteiger partial charge in [0.15, 0.2) is 0 Å². The molecule has 0 spiro atoms. The van der Waals surface area contributed by atoms with Crippen LogP contribution in [0.3, 0.4) is 0 Å². The van der Waals surface area contributed by atoms with Crippen LogP contribution in [0, 0.1) is 0 Å². The predicted octanol–water partition coefficient (Wildman–Crippen LogP) is 16.9. The number of phenols is 1. The zero-order valence-electron chi connectivity index (χ0n) is 36.9. The van der Waals surface area contributed by atoms with Crippen molar-refractivity contribution in [3.05, 3.63) is 235 Å². The molecule has 0 unspecified atom stereocenters. The van der Waals surface area contributed by atoms with Crippen LogP contribution in [0.1, 0.15) is 14.9 Å². The number of fused-ring (bicyclic) bond motifs is 16. The van der Waals surface area contributed by atoms with E-state index < -0.39 is 0 Å². The van der Waals surface area contributed by atoms with Crippen LogP contribution < -0.4 is 4.74 Å². The maximum atomic E-state index is 9.90. The van der Waals surface area contributed by atoms with Crippen LogP contribution in [0.2, 0.25) is 0 Å². The second-order valence-electron chi connectivity index (χ2n) is 16.6. The molecule has 0 bridgehead atoms. The third-order valence-corrected chi connectivity index (χ3v) is 12.8. The van der Waals surface area contributed by atoms with E-state index in [9.17, 15) is 5.11 Å². The zero-order chi connectivity index (χ0) is 46.3. The molecule has 6 aromatic heterocycles. The van der Waals surface area contributed by atoms with Gasteiger partial charge < -0.3 is 9.84 Å². The number of halogens is 1. The molecule has 0 aliphatic heterocycles. The first-order valence-corrected chi connectivity index (χ1v) is 23.3. The van der Waals surface area contributed by atoms with Crippen molar-refractivity contribution in [2.75, 3.05) is 0 Å². The number of para-hydroxylation sites is 6. The van der Waals surface area contributed by atoms with Gasteiger partial charge in [0.1, 0.15) is 28.5 Å². The molecule has 0 saturated heterocycles. The van der Waals surface area contributed by atoms with Crippen LogP contribution in [0.5, 0.6) is 17.2 Å². The lowest BCUT2D eigenvalue weighted by molar-refractivity contribution is 0.476. The van der Waals surface area contributed by atoms with E-state index in [1.54, 1.807) is 24.5 Å². The molecule has 0 radical (unpaired) electrons. The van der Waals surface area contributed by atoms with Gasteiger partial charge >= 0.3 is 0 Å². The molecule has 344 valence electrons. The minimum absolute atomic E-state index is 0. The van der Waals surface area contributed by atoms with Gasteiger partial charge in [-0.3, -0.25) is 18.8 Å². The lowest BCUT2D eigenvalue weighted by Crippen LogP contribution is -1.92. The number of phenolic OH excluding ortho intramolecular Hbond substituents is 1. The molecule has 6 heterocycles. The van der Waals surface area contributed by atoms with Crippen LogP contribution in [0.15, 0.2) is 235 Å². The Bertz CT molecular complexity index is 4210. The van der Waals surface area contributed by atoms with Crippen molar-refractivity contribution in [1.29, 1.82) is 0 Å². The molecule has 14 rings (SSSR count). The van der Waals surface area contributed by atoms with Crippen molar-refractivity contribution in [2.45, 2.75) is 14.9 Å². The summed E-state index contributed by atoms with van der Waals surface area (Å²) >= 11 is 3.43. The van der Waals surface area contributed by atoms with Crippen molar-refractivity contribution in [3.8, 4) is 39.8 Å². The predicted molar refractivity (Wildman–Crippen MR) is 298 cm³/mol. The number of benzene rings is 8. The normalized spacial score (nSPS) is 11.0. The van der Waals surface area contributed by atoms with Gasteiger partial charge in [-0.15, -0.1) is 0 Å². The summed E-state index contributed by atoms with van der Waals surface area (Å²) in [4.78, 5) is 18.5. The Labute approximate surface area is 418 Å². The highest BCUT2D eigenvalue weighted by Gasteiger charge is 2.16. The van der Waals surface area contributed by atoms with Crippen LogP contribution in [0.4, 0.5) is 0 Å². The first-order chi connectivity index (χ1) is 34.0. The smallest absolute Gasteiger partial charge is 0.146 e. The molecule has 0 fully saturated rings. The highest BCUT2D eigenvalue weighted by Crippen LogP contribution is 2.37. The van der Waals surface area contributed by atoms with E-state index in [1.807, 2.05) is 127 Å². The second kappa shape index (κ2) is 19.6. The summed E-state index contributed by atoms with van der Waals surface area (Å²) in [6, 6.07) is 72.9.